The van der Waals surface area contributed by atoms with E-state index in [1.165, 1.54) is 0 Å². The van der Waals surface area contributed by atoms with E-state index in [1.54, 1.807) is 21.3 Å². The summed E-state index contributed by atoms with van der Waals surface area (Å²) in [7, 11) is 4.87. The van der Waals surface area contributed by atoms with Crippen LogP contribution >= 0.6 is 15.9 Å². The van der Waals surface area contributed by atoms with Gasteiger partial charge in [0.05, 0.1) is 21.3 Å². The zero-order valence-corrected chi connectivity index (χ0v) is 11.6. The van der Waals surface area contributed by atoms with Gasteiger partial charge < -0.3 is 14.2 Å². The molecule has 0 aromatic heterocycles. The van der Waals surface area contributed by atoms with Gasteiger partial charge >= 0.3 is 0 Å². The Bertz CT molecular complexity index is 352. The molecular formula is C12H17BrO3. The highest BCUT2D eigenvalue weighted by molar-refractivity contribution is 9.09. The first-order valence-electron chi connectivity index (χ1n) is 5.04. The van der Waals surface area contributed by atoms with Crippen LogP contribution in [0.2, 0.25) is 0 Å². The first kappa shape index (κ1) is 13.2. The molecule has 0 aliphatic carbocycles. The van der Waals surface area contributed by atoms with Gasteiger partial charge in [0.1, 0.15) is 0 Å². The molecule has 0 saturated carbocycles. The number of rotatable bonds is 5. The summed E-state index contributed by atoms with van der Waals surface area (Å²) < 4.78 is 16.0. The topological polar surface area (TPSA) is 27.7 Å². The molecule has 90 valence electrons. The van der Waals surface area contributed by atoms with Crippen LogP contribution in [-0.2, 0) is 0 Å². The van der Waals surface area contributed by atoms with Gasteiger partial charge in [-0.3, -0.25) is 0 Å². The molecule has 16 heavy (non-hydrogen) atoms. The Morgan fingerprint density at radius 2 is 1.69 bits per heavy atom. The smallest absolute Gasteiger partial charge is 0.203 e. The van der Waals surface area contributed by atoms with Crippen molar-refractivity contribution >= 4 is 15.9 Å². The fourth-order valence-electron chi connectivity index (χ4n) is 1.60. The molecule has 0 N–H and O–H groups in total. The fraction of sp³-hybridized carbons (Fsp3) is 0.500. The number of methoxy groups -OCH3 is 3. The lowest BCUT2D eigenvalue weighted by Gasteiger charge is -2.18. The van der Waals surface area contributed by atoms with E-state index < -0.39 is 0 Å². The Labute approximate surface area is 105 Å². The average molecular weight is 289 g/mol. The number of hydrogen-bond acceptors (Lipinski definition) is 3. The maximum absolute atomic E-state index is 5.41. The number of halogens is 1. The second-order valence-electron chi connectivity index (χ2n) is 3.48. The lowest BCUT2D eigenvalue weighted by molar-refractivity contribution is 0.321. The van der Waals surface area contributed by atoms with Crippen molar-refractivity contribution in [3.05, 3.63) is 17.7 Å². The number of hydrogen-bond donors (Lipinski definition) is 0. The molecule has 0 aliphatic heterocycles. The van der Waals surface area contributed by atoms with Crippen LogP contribution < -0.4 is 14.2 Å². The molecule has 0 bridgehead atoms. The molecule has 0 radical (unpaired) electrons. The van der Waals surface area contributed by atoms with E-state index in [0.29, 0.717) is 17.4 Å². The first-order valence-corrected chi connectivity index (χ1v) is 6.16. The second-order valence-corrected chi connectivity index (χ2v) is 4.13. The largest absolute Gasteiger partial charge is 0.493 e. The molecule has 0 fully saturated rings. The summed E-state index contributed by atoms with van der Waals surface area (Å²) in [6.07, 6.45) is 0. The third kappa shape index (κ3) is 2.43. The summed E-state index contributed by atoms with van der Waals surface area (Å²) >= 11 is 3.47. The Kier molecular flexibility index (Phi) is 4.93. The molecule has 0 heterocycles. The van der Waals surface area contributed by atoms with Gasteiger partial charge in [-0.05, 0) is 12.0 Å². The molecule has 4 heteroatoms. The van der Waals surface area contributed by atoms with Crippen molar-refractivity contribution in [2.24, 2.45) is 0 Å². The van der Waals surface area contributed by atoms with Crippen molar-refractivity contribution in [2.75, 3.05) is 26.7 Å². The third-order valence-corrected chi connectivity index (χ3v) is 3.47. The summed E-state index contributed by atoms with van der Waals surface area (Å²) in [6, 6.07) is 3.90. The lowest BCUT2D eigenvalue weighted by Crippen LogP contribution is -2.02. The van der Waals surface area contributed by atoms with E-state index >= 15 is 0 Å². The minimum atomic E-state index is 0.356. The highest BCUT2D eigenvalue weighted by Gasteiger charge is 2.18. The summed E-state index contributed by atoms with van der Waals surface area (Å²) in [5, 5.41) is 0.874. The van der Waals surface area contributed by atoms with Gasteiger partial charge in [-0.15, -0.1) is 0 Å². The van der Waals surface area contributed by atoms with Crippen molar-refractivity contribution in [3.8, 4) is 17.2 Å². The Morgan fingerprint density at radius 3 is 2.12 bits per heavy atom. The van der Waals surface area contributed by atoms with Crippen LogP contribution in [0.4, 0.5) is 0 Å². The Morgan fingerprint density at radius 1 is 1.06 bits per heavy atom. The minimum Gasteiger partial charge on any atom is -0.493 e. The molecule has 0 spiro atoms. The van der Waals surface area contributed by atoms with Crippen molar-refractivity contribution in [1.82, 2.24) is 0 Å². The Hall–Kier alpha value is -0.900. The zero-order valence-electron chi connectivity index (χ0n) is 10.0. The lowest BCUT2D eigenvalue weighted by atomic mass is 10.0. The van der Waals surface area contributed by atoms with Crippen molar-refractivity contribution in [2.45, 2.75) is 12.8 Å². The van der Waals surface area contributed by atoms with Gasteiger partial charge in [0.2, 0.25) is 5.75 Å². The molecule has 1 aromatic rings. The standard InChI is InChI=1S/C12H17BrO3/c1-8(7-13)9-5-6-10(14-2)12(16-4)11(9)15-3/h5-6,8H,7H2,1-4H3. The quantitative estimate of drug-likeness (QED) is 0.779. The van der Waals surface area contributed by atoms with E-state index in [-0.39, 0.29) is 0 Å². The maximum atomic E-state index is 5.41. The highest BCUT2D eigenvalue weighted by atomic mass is 79.9. The van der Waals surface area contributed by atoms with Crippen LogP contribution in [0.3, 0.4) is 0 Å². The molecule has 3 nitrogen and oxygen atoms in total. The second kappa shape index (κ2) is 5.99. The minimum absolute atomic E-state index is 0.356. The van der Waals surface area contributed by atoms with Gasteiger partial charge in [-0.25, -0.2) is 0 Å². The van der Waals surface area contributed by atoms with Crippen LogP contribution in [0, 0.1) is 0 Å². The number of benzene rings is 1. The van der Waals surface area contributed by atoms with E-state index in [1.807, 2.05) is 12.1 Å². The van der Waals surface area contributed by atoms with E-state index in [4.69, 9.17) is 14.2 Å². The predicted octanol–water partition coefficient (Wildman–Crippen LogP) is 3.21. The van der Waals surface area contributed by atoms with Crippen LogP contribution in [-0.4, -0.2) is 26.7 Å². The van der Waals surface area contributed by atoms with E-state index in [2.05, 4.69) is 22.9 Å². The fourth-order valence-corrected chi connectivity index (χ4v) is 1.94. The molecule has 0 aliphatic rings. The Balaban J connectivity index is 3.31. The molecule has 1 unspecified atom stereocenters. The van der Waals surface area contributed by atoms with Gasteiger partial charge in [0.25, 0.3) is 0 Å². The van der Waals surface area contributed by atoms with Crippen LogP contribution in [0.25, 0.3) is 0 Å². The summed E-state index contributed by atoms with van der Waals surface area (Å²) in [4.78, 5) is 0. The van der Waals surface area contributed by atoms with Crippen LogP contribution in [0.5, 0.6) is 17.2 Å². The molecule has 1 rings (SSSR count). The zero-order chi connectivity index (χ0) is 12.1. The predicted molar refractivity (Wildman–Crippen MR) is 68.3 cm³/mol. The maximum Gasteiger partial charge on any atom is 0.203 e. The summed E-state index contributed by atoms with van der Waals surface area (Å²) in [5.41, 5.74) is 1.11. The van der Waals surface area contributed by atoms with Crippen molar-refractivity contribution in [3.63, 3.8) is 0 Å². The van der Waals surface area contributed by atoms with Gasteiger partial charge in [0.15, 0.2) is 11.5 Å². The number of ether oxygens (including phenoxy) is 3. The van der Waals surface area contributed by atoms with E-state index in [9.17, 15) is 0 Å². The number of alkyl halides is 1. The molecule has 0 saturated heterocycles. The van der Waals surface area contributed by atoms with Crippen molar-refractivity contribution < 1.29 is 14.2 Å². The van der Waals surface area contributed by atoms with Crippen molar-refractivity contribution in [1.29, 1.82) is 0 Å². The summed E-state index contributed by atoms with van der Waals surface area (Å²) in [6.45, 7) is 2.12. The van der Waals surface area contributed by atoms with Gasteiger partial charge in [0, 0.05) is 10.9 Å². The molecule has 0 amide bonds. The first-order chi connectivity index (χ1) is 7.69. The normalized spacial score (nSPS) is 12.1. The molecule has 1 atom stereocenters. The van der Waals surface area contributed by atoms with E-state index in [0.717, 1.165) is 16.6 Å². The van der Waals surface area contributed by atoms with Gasteiger partial charge in [-0.2, -0.15) is 0 Å². The SMILES string of the molecule is COc1ccc(C(C)CBr)c(OC)c1OC. The molecule has 1 aromatic carbocycles. The van der Waals surface area contributed by atoms with Gasteiger partial charge in [-0.1, -0.05) is 28.9 Å². The monoisotopic (exact) mass is 288 g/mol. The van der Waals surface area contributed by atoms with Crippen LogP contribution in [0.15, 0.2) is 12.1 Å². The molecular weight excluding hydrogens is 272 g/mol. The van der Waals surface area contributed by atoms with Crippen LogP contribution in [0.1, 0.15) is 18.4 Å². The average Bonchev–Trinajstić information content (AvgIpc) is 2.35. The third-order valence-electron chi connectivity index (χ3n) is 2.50. The summed E-state index contributed by atoms with van der Waals surface area (Å²) in [5.74, 6) is 2.43. The highest BCUT2D eigenvalue weighted by Crippen LogP contribution is 2.42.